The van der Waals surface area contributed by atoms with Crippen LogP contribution < -0.4 is 15.2 Å². The average Bonchev–Trinajstić information content (AvgIpc) is 3.09. The maximum atomic E-state index is 13.4. The van der Waals surface area contributed by atoms with E-state index >= 15 is 0 Å². The Hall–Kier alpha value is -2.87. The molecule has 0 saturated carbocycles. The van der Waals surface area contributed by atoms with Crippen molar-refractivity contribution in [1.29, 1.82) is 5.41 Å². The molecule has 0 aromatic heterocycles. The normalized spacial score (nSPS) is 13.2. The van der Waals surface area contributed by atoms with Gasteiger partial charge in [-0.05, 0) is 46.6 Å². The van der Waals surface area contributed by atoms with Crippen molar-refractivity contribution in [1.82, 2.24) is 4.90 Å². The Morgan fingerprint density at radius 3 is 2.30 bits per heavy atom. The molecule has 0 unspecified atom stereocenters. The molecule has 202 valence electrons. The van der Waals surface area contributed by atoms with Crippen LogP contribution in [0.25, 0.3) is 0 Å². The van der Waals surface area contributed by atoms with E-state index in [4.69, 9.17) is 20.6 Å². The van der Waals surface area contributed by atoms with Crippen molar-refractivity contribution in [2.24, 2.45) is 5.73 Å². The number of nitrogens with two attached hydrogens (primary N) is 1. The summed E-state index contributed by atoms with van der Waals surface area (Å²) in [6, 6.07) is 9.82. The third kappa shape index (κ3) is 7.12. The van der Waals surface area contributed by atoms with Crippen LogP contribution in [0.2, 0.25) is 0 Å². The average molecular weight is 575 g/mol. The third-order valence-electron chi connectivity index (χ3n) is 6.46. The highest BCUT2D eigenvalue weighted by Crippen LogP contribution is 2.40. The monoisotopic (exact) mass is 573 g/mol. The fourth-order valence-corrected chi connectivity index (χ4v) is 4.30. The molecule has 8 heteroatoms. The van der Waals surface area contributed by atoms with Crippen LogP contribution in [0.3, 0.4) is 0 Å². The fraction of sp³-hybridized carbons (Fsp3) is 0.483. The first-order valence-electron chi connectivity index (χ1n) is 12.4. The number of amidine groups is 1. The summed E-state index contributed by atoms with van der Waals surface area (Å²) < 4.78 is 11.6. The lowest BCUT2D eigenvalue weighted by Crippen LogP contribution is -2.30. The van der Waals surface area contributed by atoms with Crippen LogP contribution in [0, 0.1) is 5.41 Å². The number of nitrogens with zero attached hydrogens (tertiary/aromatic N) is 1. The standard InChI is InChI=1S/C29H39N3O4.BrH/c1-28(2,3)20-11-10-18-16-32(27(31)21(18)15-20)17-23(33)19-13-22(29(4,5)6)26(24(14-19)35-7)36-12-8-9-25(30)34;/h10-11,13-15,31H,8-9,12,16-17H2,1-7H3,(H2,30,34);1H. The summed E-state index contributed by atoms with van der Waals surface area (Å²) in [5, 5.41) is 8.72. The van der Waals surface area contributed by atoms with Gasteiger partial charge in [-0.15, -0.1) is 17.0 Å². The molecule has 1 heterocycles. The lowest BCUT2D eigenvalue weighted by Gasteiger charge is -2.26. The molecule has 0 atom stereocenters. The number of amides is 1. The van der Waals surface area contributed by atoms with Gasteiger partial charge >= 0.3 is 0 Å². The molecule has 7 nitrogen and oxygen atoms in total. The van der Waals surface area contributed by atoms with Gasteiger partial charge in [0.15, 0.2) is 17.3 Å². The van der Waals surface area contributed by atoms with E-state index in [-0.39, 0.29) is 52.5 Å². The predicted octanol–water partition coefficient (Wildman–Crippen LogP) is 5.54. The van der Waals surface area contributed by atoms with E-state index in [1.54, 1.807) is 13.2 Å². The van der Waals surface area contributed by atoms with E-state index in [2.05, 4.69) is 39.0 Å². The van der Waals surface area contributed by atoms with Crippen LogP contribution in [-0.4, -0.2) is 42.7 Å². The van der Waals surface area contributed by atoms with E-state index < -0.39 is 0 Å². The Bertz CT molecular complexity index is 1180. The van der Waals surface area contributed by atoms with Gasteiger partial charge < -0.3 is 20.1 Å². The number of fused-ring (bicyclic) bond motifs is 1. The summed E-state index contributed by atoms with van der Waals surface area (Å²) >= 11 is 0. The first-order valence-corrected chi connectivity index (χ1v) is 12.4. The first kappa shape index (κ1) is 30.4. The highest BCUT2D eigenvalue weighted by Gasteiger charge is 2.30. The zero-order valence-corrected chi connectivity index (χ0v) is 24.7. The van der Waals surface area contributed by atoms with Crippen molar-refractivity contribution in [2.75, 3.05) is 20.3 Å². The molecule has 2 aromatic rings. The molecule has 2 aromatic carbocycles. The van der Waals surface area contributed by atoms with Crippen LogP contribution >= 0.6 is 17.0 Å². The van der Waals surface area contributed by atoms with Crippen LogP contribution in [0.4, 0.5) is 0 Å². The molecule has 0 radical (unpaired) electrons. The number of ether oxygens (including phenoxy) is 2. The molecule has 37 heavy (non-hydrogen) atoms. The lowest BCUT2D eigenvalue weighted by atomic mass is 9.84. The van der Waals surface area contributed by atoms with Crippen LogP contribution in [0.5, 0.6) is 11.5 Å². The van der Waals surface area contributed by atoms with Gasteiger partial charge in [-0.2, -0.15) is 0 Å². The smallest absolute Gasteiger partial charge is 0.217 e. The number of rotatable bonds is 9. The summed E-state index contributed by atoms with van der Waals surface area (Å²) in [5.41, 5.74) is 9.39. The summed E-state index contributed by atoms with van der Waals surface area (Å²) in [7, 11) is 1.55. The number of Topliss-reactive ketones (excluding diaryl/α,β-unsaturated/α-hetero) is 1. The highest BCUT2D eigenvalue weighted by atomic mass is 79.9. The Labute approximate surface area is 231 Å². The number of hydrogen-bond donors (Lipinski definition) is 2. The maximum absolute atomic E-state index is 13.4. The number of primary amides is 1. The van der Waals surface area contributed by atoms with Gasteiger partial charge in [-0.3, -0.25) is 15.0 Å². The number of hydrogen-bond acceptors (Lipinski definition) is 5. The zero-order chi connectivity index (χ0) is 26.8. The van der Waals surface area contributed by atoms with Crippen molar-refractivity contribution >= 4 is 34.5 Å². The molecule has 3 N–H and O–H groups in total. The summed E-state index contributed by atoms with van der Waals surface area (Å²) in [5.74, 6) is 0.961. The van der Waals surface area contributed by atoms with Crippen LogP contribution in [0.1, 0.15) is 87.0 Å². The van der Waals surface area contributed by atoms with Crippen molar-refractivity contribution in [3.63, 3.8) is 0 Å². The largest absolute Gasteiger partial charge is 0.493 e. The summed E-state index contributed by atoms with van der Waals surface area (Å²) in [4.78, 5) is 26.3. The minimum Gasteiger partial charge on any atom is -0.493 e. The van der Waals surface area contributed by atoms with E-state index in [1.165, 1.54) is 5.56 Å². The summed E-state index contributed by atoms with van der Waals surface area (Å²) in [6.07, 6.45) is 0.739. The summed E-state index contributed by atoms with van der Waals surface area (Å²) in [6.45, 7) is 13.6. The van der Waals surface area contributed by atoms with Crippen LogP contribution in [0.15, 0.2) is 30.3 Å². The van der Waals surface area contributed by atoms with Gasteiger partial charge in [0, 0.05) is 29.7 Å². The number of carbonyl (C=O) groups is 2. The van der Waals surface area contributed by atoms with Gasteiger partial charge in [0.1, 0.15) is 5.84 Å². The minimum absolute atomic E-state index is 0. The molecule has 1 amide bonds. The number of halogens is 1. The topological polar surface area (TPSA) is 106 Å². The lowest BCUT2D eigenvalue weighted by molar-refractivity contribution is -0.118. The van der Waals surface area contributed by atoms with Gasteiger partial charge in [0.2, 0.25) is 5.91 Å². The van der Waals surface area contributed by atoms with Gasteiger partial charge in [0.05, 0.1) is 20.3 Å². The van der Waals surface area contributed by atoms with Crippen LogP contribution in [-0.2, 0) is 22.2 Å². The highest BCUT2D eigenvalue weighted by molar-refractivity contribution is 8.93. The van der Waals surface area contributed by atoms with Gasteiger partial charge in [-0.25, -0.2) is 0 Å². The van der Waals surface area contributed by atoms with Crippen molar-refractivity contribution in [3.05, 3.63) is 58.1 Å². The van der Waals surface area contributed by atoms with E-state index in [9.17, 15) is 9.59 Å². The Morgan fingerprint density at radius 2 is 1.73 bits per heavy atom. The van der Waals surface area contributed by atoms with E-state index in [0.717, 1.165) is 16.7 Å². The maximum Gasteiger partial charge on any atom is 0.217 e. The Morgan fingerprint density at radius 1 is 1.05 bits per heavy atom. The SMILES string of the molecule is Br.COc1cc(C(=O)CN2Cc3ccc(C(C)(C)C)cc3C2=N)cc(C(C)(C)C)c1OCCCC(N)=O. The van der Waals surface area contributed by atoms with Gasteiger partial charge in [0.25, 0.3) is 0 Å². The van der Waals surface area contributed by atoms with E-state index in [0.29, 0.717) is 42.5 Å². The molecule has 1 aliphatic rings. The fourth-order valence-electron chi connectivity index (χ4n) is 4.30. The second kappa shape index (κ2) is 11.7. The number of benzene rings is 2. The number of methoxy groups -OCH3 is 1. The Balaban J connectivity index is 0.00000481. The molecule has 0 spiro atoms. The van der Waals surface area contributed by atoms with Gasteiger partial charge in [-0.1, -0.05) is 53.7 Å². The molecule has 0 aliphatic carbocycles. The molecule has 1 aliphatic heterocycles. The molecule has 0 saturated heterocycles. The van der Waals surface area contributed by atoms with Crippen molar-refractivity contribution in [3.8, 4) is 11.5 Å². The Kier molecular flexibility index (Phi) is 9.58. The number of nitrogens with one attached hydrogen (secondary N) is 1. The third-order valence-corrected chi connectivity index (χ3v) is 6.46. The quantitative estimate of drug-likeness (QED) is 0.303. The first-order chi connectivity index (χ1) is 16.7. The van der Waals surface area contributed by atoms with E-state index in [1.807, 2.05) is 31.7 Å². The molecular formula is C29H40BrN3O4. The zero-order valence-electron chi connectivity index (χ0n) is 23.0. The number of carbonyl (C=O) groups excluding carboxylic acids is 2. The molecule has 0 bridgehead atoms. The second-order valence-corrected chi connectivity index (χ2v) is 11.5. The van der Waals surface area contributed by atoms with Crippen molar-refractivity contribution in [2.45, 2.75) is 71.8 Å². The molecular weight excluding hydrogens is 534 g/mol. The molecule has 0 fully saturated rings. The van der Waals surface area contributed by atoms with Crippen molar-refractivity contribution < 1.29 is 19.1 Å². The predicted molar refractivity (Wildman–Crippen MR) is 153 cm³/mol. The second-order valence-electron chi connectivity index (χ2n) is 11.5. The minimum atomic E-state index is -0.369. The number of ketones is 1. The molecule has 3 rings (SSSR count).